The molecule has 0 aliphatic carbocycles. The second-order valence-electron chi connectivity index (χ2n) is 6.22. The van der Waals surface area contributed by atoms with Gasteiger partial charge in [-0.15, -0.1) is 0 Å². The molecule has 1 aliphatic heterocycles. The van der Waals surface area contributed by atoms with Crippen LogP contribution in [0.5, 0.6) is 0 Å². The number of β-amino-alcohol motifs (C(OH)–C–C–N with tert-alkyl or cyclic N) is 1. The van der Waals surface area contributed by atoms with Gasteiger partial charge < -0.3 is 9.84 Å². The second-order valence-corrected chi connectivity index (χ2v) is 6.22. The van der Waals surface area contributed by atoms with Crippen molar-refractivity contribution < 1.29 is 9.84 Å². The number of aliphatic hydroxyl groups is 1. The highest BCUT2D eigenvalue weighted by molar-refractivity contribution is 5.19. The van der Waals surface area contributed by atoms with Crippen LogP contribution in [0.2, 0.25) is 0 Å². The second kappa shape index (κ2) is 8.25. The van der Waals surface area contributed by atoms with E-state index in [4.69, 9.17) is 4.74 Å². The lowest BCUT2D eigenvalue weighted by Crippen LogP contribution is -2.42. The van der Waals surface area contributed by atoms with Crippen molar-refractivity contribution in [3.05, 3.63) is 71.8 Å². The molecule has 3 rings (SSSR count). The minimum absolute atomic E-state index is 0.204. The summed E-state index contributed by atoms with van der Waals surface area (Å²) in [5.41, 5.74) is 2.45. The predicted molar refractivity (Wildman–Crippen MR) is 92.1 cm³/mol. The van der Waals surface area contributed by atoms with Crippen LogP contribution < -0.4 is 0 Å². The first-order valence-corrected chi connectivity index (χ1v) is 8.41. The Labute approximate surface area is 138 Å². The van der Waals surface area contributed by atoms with E-state index in [-0.39, 0.29) is 12.1 Å². The van der Waals surface area contributed by atoms with E-state index in [0.29, 0.717) is 13.2 Å². The van der Waals surface area contributed by atoms with Gasteiger partial charge in [0, 0.05) is 6.54 Å². The van der Waals surface area contributed by atoms with E-state index in [0.717, 1.165) is 25.9 Å². The maximum atomic E-state index is 10.00. The fraction of sp³-hybridized carbons (Fsp3) is 0.400. The molecule has 0 amide bonds. The van der Waals surface area contributed by atoms with Gasteiger partial charge >= 0.3 is 0 Å². The van der Waals surface area contributed by atoms with Gasteiger partial charge in [-0.3, -0.25) is 4.90 Å². The first-order valence-electron chi connectivity index (χ1n) is 8.41. The quantitative estimate of drug-likeness (QED) is 0.887. The molecule has 0 unspecified atom stereocenters. The summed E-state index contributed by atoms with van der Waals surface area (Å²) in [5.74, 6) is 0. The summed E-state index contributed by atoms with van der Waals surface area (Å²) in [5, 5.41) is 10.00. The number of ether oxygens (including phenoxy) is 1. The van der Waals surface area contributed by atoms with Crippen molar-refractivity contribution >= 4 is 0 Å². The van der Waals surface area contributed by atoms with Crippen LogP contribution in [0.4, 0.5) is 0 Å². The van der Waals surface area contributed by atoms with Gasteiger partial charge in [0.15, 0.2) is 0 Å². The Balaban J connectivity index is 1.65. The molecular weight excluding hydrogens is 286 g/mol. The van der Waals surface area contributed by atoms with Gasteiger partial charge in [-0.05, 0) is 30.5 Å². The molecular formula is C20H25NO2. The molecule has 2 atom stereocenters. The zero-order valence-electron chi connectivity index (χ0n) is 13.5. The molecule has 2 aromatic rings. The normalized spacial score (nSPS) is 20.3. The number of piperidine rings is 1. The third-order valence-electron chi connectivity index (χ3n) is 4.44. The van der Waals surface area contributed by atoms with Crippen LogP contribution in [0, 0.1) is 0 Å². The maximum absolute atomic E-state index is 10.00. The lowest BCUT2D eigenvalue weighted by Gasteiger charge is -2.36. The summed E-state index contributed by atoms with van der Waals surface area (Å²) in [6.45, 7) is 3.02. The van der Waals surface area contributed by atoms with Gasteiger partial charge in [0.05, 0.1) is 25.4 Å². The summed E-state index contributed by atoms with van der Waals surface area (Å²) in [4.78, 5) is 2.36. The summed E-state index contributed by atoms with van der Waals surface area (Å²) in [6, 6.07) is 20.9. The lowest BCUT2D eigenvalue weighted by atomic mass is 10.0. The van der Waals surface area contributed by atoms with E-state index in [9.17, 15) is 5.11 Å². The zero-order chi connectivity index (χ0) is 15.9. The molecule has 1 saturated heterocycles. The van der Waals surface area contributed by atoms with Crippen LogP contribution in [0.3, 0.4) is 0 Å². The molecule has 0 aromatic heterocycles. The highest BCUT2D eigenvalue weighted by Crippen LogP contribution is 2.25. The van der Waals surface area contributed by atoms with Gasteiger partial charge in [0.25, 0.3) is 0 Å². The van der Waals surface area contributed by atoms with Crippen molar-refractivity contribution in [2.45, 2.75) is 31.6 Å². The fourth-order valence-electron chi connectivity index (χ4n) is 3.22. The Morgan fingerprint density at radius 2 is 1.74 bits per heavy atom. The van der Waals surface area contributed by atoms with E-state index >= 15 is 0 Å². The van der Waals surface area contributed by atoms with Crippen molar-refractivity contribution in [3.63, 3.8) is 0 Å². The van der Waals surface area contributed by atoms with Crippen LogP contribution in [0.1, 0.15) is 30.0 Å². The van der Waals surface area contributed by atoms with Crippen molar-refractivity contribution in [1.29, 1.82) is 0 Å². The molecule has 122 valence electrons. The molecule has 1 aliphatic rings. The van der Waals surface area contributed by atoms with Crippen molar-refractivity contribution in [3.8, 4) is 0 Å². The van der Waals surface area contributed by atoms with E-state index in [1.54, 1.807) is 0 Å². The van der Waals surface area contributed by atoms with E-state index in [1.807, 2.05) is 24.3 Å². The average Bonchev–Trinajstić information content (AvgIpc) is 2.60. The van der Waals surface area contributed by atoms with Gasteiger partial charge in [-0.2, -0.15) is 0 Å². The number of likely N-dealkylation sites (tertiary alicyclic amines) is 1. The van der Waals surface area contributed by atoms with Crippen LogP contribution >= 0.6 is 0 Å². The van der Waals surface area contributed by atoms with Gasteiger partial charge in [-0.25, -0.2) is 0 Å². The Morgan fingerprint density at radius 3 is 2.43 bits per heavy atom. The Kier molecular flexibility index (Phi) is 5.81. The first-order chi connectivity index (χ1) is 11.3. The number of rotatable bonds is 6. The highest BCUT2D eigenvalue weighted by Gasteiger charge is 2.26. The Hall–Kier alpha value is -1.68. The molecule has 0 radical (unpaired) electrons. The minimum Gasteiger partial charge on any atom is -0.392 e. The summed E-state index contributed by atoms with van der Waals surface area (Å²) in [7, 11) is 0. The molecule has 0 bridgehead atoms. The van der Waals surface area contributed by atoms with E-state index in [1.165, 1.54) is 11.1 Å². The van der Waals surface area contributed by atoms with E-state index < -0.39 is 0 Å². The molecule has 1 fully saturated rings. The average molecular weight is 311 g/mol. The summed E-state index contributed by atoms with van der Waals surface area (Å²) >= 11 is 0. The summed E-state index contributed by atoms with van der Waals surface area (Å²) < 4.78 is 6.00. The maximum Gasteiger partial charge on any atom is 0.0717 e. The third-order valence-corrected chi connectivity index (χ3v) is 4.44. The van der Waals surface area contributed by atoms with Crippen molar-refractivity contribution in [2.75, 3.05) is 19.7 Å². The smallest absolute Gasteiger partial charge is 0.0717 e. The number of hydrogen-bond acceptors (Lipinski definition) is 3. The Morgan fingerprint density at radius 1 is 1.04 bits per heavy atom. The largest absolute Gasteiger partial charge is 0.392 e. The summed E-state index contributed by atoms with van der Waals surface area (Å²) in [6.07, 6.45) is 1.73. The lowest BCUT2D eigenvalue weighted by molar-refractivity contribution is 0.00377. The molecule has 0 saturated carbocycles. The monoisotopic (exact) mass is 311 g/mol. The van der Waals surface area contributed by atoms with Crippen LogP contribution in [-0.4, -0.2) is 35.8 Å². The molecule has 1 N–H and O–H groups in total. The SMILES string of the molecule is O[C@H]1CCCN([C@@H](COCc2ccccc2)c2ccccc2)C1. The topological polar surface area (TPSA) is 32.7 Å². The fourth-order valence-corrected chi connectivity index (χ4v) is 3.22. The predicted octanol–water partition coefficient (Wildman–Crippen LogP) is 3.40. The van der Waals surface area contributed by atoms with Crippen LogP contribution in [-0.2, 0) is 11.3 Å². The zero-order valence-corrected chi connectivity index (χ0v) is 13.5. The molecule has 1 heterocycles. The number of hydrogen-bond donors (Lipinski definition) is 1. The molecule has 23 heavy (non-hydrogen) atoms. The molecule has 3 heteroatoms. The van der Waals surface area contributed by atoms with Gasteiger partial charge in [-0.1, -0.05) is 60.7 Å². The van der Waals surface area contributed by atoms with Crippen molar-refractivity contribution in [1.82, 2.24) is 4.90 Å². The number of benzene rings is 2. The number of aliphatic hydroxyl groups excluding tert-OH is 1. The molecule has 2 aromatic carbocycles. The molecule has 0 spiro atoms. The number of nitrogens with zero attached hydrogens (tertiary/aromatic N) is 1. The standard InChI is InChI=1S/C20H25NO2/c22-19-12-7-13-21(14-19)20(18-10-5-2-6-11-18)16-23-15-17-8-3-1-4-9-17/h1-6,8-11,19-20,22H,7,12-16H2/t19-,20-/m0/s1. The van der Waals surface area contributed by atoms with Gasteiger partial charge in [0.2, 0.25) is 0 Å². The van der Waals surface area contributed by atoms with Crippen LogP contribution in [0.15, 0.2) is 60.7 Å². The minimum atomic E-state index is -0.218. The third kappa shape index (κ3) is 4.64. The first kappa shape index (κ1) is 16.2. The van der Waals surface area contributed by atoms with Gasteiger partial charge in [0.1, 0.15) is 0 Å². The molecule has 3 nitrogen and oxygen atoms in total. The Bertz CT molecular complexity index is 573. The van der Waals surface area contributed by atoms with E-state index in [2.05, 4.69) is 41.3 Å². The highest BCUT2D eigenvalue weighted by atomic mass is 16.5. The van der Waals surface area contributed by atoms with Crippen molar-refractivity contribution in [2.24, 2.45) is 0 Å². The van der Waals surface area contributed by atoms with Crippen LogP contribution in [0.25, 0.3) is 0 Å².